The van der Waals surface area contributed by atoms with E-state index in [-0.39, 0.29) is 17.7 Å². The van der Waals surface area contributed by atoms with Crippen LogP contribution < -0.4 is 5.32 Å². The average Bonchev–Trinajstić information content (AvgIpc) is 2.57. The van der Waals surface area contributed by atoms with Crippen molar-refractivity contribution >= 4 is 6.03 Å². The normalized spacial score (nSPS) is 23.4. The highest BCUT2D eigenvalue weighted by Gasteiger charge is 2.40. The highest BCUT2D eigenvalue weighted by atomic mass is 16.5. The minimum Gasteiger partial charge on any atom is -0.375 e. The Balaban J connectivity index is 1.52. The second kappa shape index (κ2) is 7.70. The Labute approximate surface area is 150 Å². The average molecular weight is 346 g/mol. The van der Waals surface area contributed by atoms with E-state index in [1.807, 2.05) is 13.0 Å². The van der Waals surface area contributed by atoms with E-state index in [4.69, 9.17) is 4.74 Å². The maximum atomic E-state index is 11.9. The third-order valence-corrected chi connectivity index (χ3v) is 5.33. The Morgan fingerprint density at radius 3 is 2.84 bits per heavy atom. The van der Waals surface area contributed by atoms with Crippen LogP contribution in [0.1, 0.15) is 37.1 Å². The number of nitrogens with zero attached hydrogens (tertiary/aromatic N) is 3. The summed E-state index contributed by atoms with van der Waals surface area (Å²) in [7, 11) is 3.56. The molecule has 0 bridgehead atoms. The number of ether oxygens (including phenoxy) is 1. The molecule has 2 amide bonds. The first-order valence-electron chi connectivity index (χ1n) is 9.22. The molecular weight excluding hydrogens is 316 g/mol. The van der Waals surface area contributed by atoms with Crippen LogP contribution in [0, 0.1) is 6.92 Å². The van der Waals surface area contributed by atoms with E-state index >= 15 is 0 Å². The smallest absolute Gasteiger partial charge is 0.317 e. The van der Waals surface area contributed by atoms with E-state index in [0.29, 0.717) is 0 Å². The zero-order valence-electron chi connectivity index (χ0n) is 15.6. The van der Waals surface area contributed by atoms with Gasteiger partial charge in [-0.2, -0.15) is 0 Å². The van der Waals surface area contributed by atoms with Crippen LogP contribution in [0.3, 0.4) is 0 Å². The number of carbonyl (C=O) groups excluding carboxylic acids is 1. The van der Waals surface area contributed by atoms with Gasteiger partial charge in [-0.15, -0.1) is 0 Å². The first-order valence-corrected chi connectivity index (χ1v) is 9.22. The molecule has 0 aliphatic carbocycles. The maximum absolute atomic E-state index is 11.9. The van der Waals surface area contributed by atoms with Gasteiger partial charge in [0.15, 0.2) is 0 Å². The quantitative estimate of drug-likeness (QED) is 0.911. The fourth-order valence-electron chi connectivity index (χ4n) is 3.84. The van der Waals surface area contributed by atoms with Crippen molar-refractivity contribution in [3.8, 4) is 0 Å². The van der Waals surface area contributed by atoms with Gasteiger partial charge in [0.25, 0.3) is 0 Å². The molecule has 6 nitrogen and oxygen atoms in total. The zero-order chi connectivity index (χ0) is 17.9. The lowest BCUT2D eigenvalue weighted by Crippen LogP contribution is -2.54. The molecule has 2 fully saturated rings. The van der Waals surface area contributed by atoms with E-state index in [9.17, 15) is 4.79 Å². The van der Waals surface area contributed by atoms with E-state index in [2.05, 4.69) is 27.3 Å². The van der Waals surface area contributed by atoms with Gasteiger partial charge in [0, 0.05) is 52.1 Å². The molecule has 25 heavy (non-hydrogen) atoms. The van der Waals surface area contributed by atoms with Crippen molar-refractivity contribution in [1.29, 1.82) is 0 Å². The molecule has 1 spiro atoms. The predicted molar refractivity (Wildman–Crippen MR) is 97.4 cm³/mol. The molecule has 6 heteroatoms. The molecule has 1 aromatic rings. The Kier molecular flexibility index (Phi) is 5.59. The summed E-state index contributed by atoms with van der Waals surface area (Å²) in [6, 6.07) is 6.41. The lowest BCUT2D eigenvalue weighted by molar-refractivity contribution is -0.119. The molecule has 1 aromatic heterocycles. The van der Waals surface area contributed by atoms with Crippen molar-refractivity contribution in [2.24, 2.45) is 0 Å². The molecular formula is C19H30N4O2. The highest BCUT2D eigenvalue weighted by molar-refractivity contribution is 5.73. The topological polar surface area (TPSA) is 57.7 Å². The summed E-state index contributed by atoms with van der Waals surface area (Å²) in [4.78, 5) is 20.6. The molecule has 1 N–H and O–H groups in total. The van der Waals surface area contributed by atoms with Gasteiger partial charge in [-0.1, -0.05) is 6.07 Å². The standard InChI is InChI=1S/C19H30N4O2/c1-15-5-4-6-17(20-15)14-23-10-8-19(9-11-23)13-16(7-12-25-19)21-18(24)22(2)3/h4-6,16H,7-14H2,1-3H3,(H,21,24)/t16-/m1/s1. The first-order chi connectivity index (χ1) is 12.0. The van der Waals surface area contributed by atoms with Gasteiger partial charge in [-0.25, -0.2) is 4.79 Å². The molecule has 0 unspecified atom stereocenters. The number of urea groups is 1. The van der Waals surface area contributed by atoms with Crippen molar-refractivity contribution < 1.29 is 9.53 Å². The number of rotatable bonds is 3. The first kappa shape index (κ1) is 18.1. The number of aryl methyl sites for hydroxylation is 1. The highest BCUT2D eigenvalue weighted by Crippen LogP contribution is 2.35. The molecule has 3 heterocycles. The van der Waals surface area contributed by atoms with Crippen LogP contribution in [0.5, 0.6) is 0 Å². The number of amides is 2. The maximum Gasteiger partial charge on any atom is 0.317 e. The van der Waals surface area contributed by atoms with Crippen LogP contribution in [0.25, 0.3) is 0 Å². The van der Waals surface area contributed by atoms with Crippen LogP contribution in [0.4, 0.5) is 4.79 Å². The van der Waals surface area contributed by atoms with Gasteiger partial charge in [-0.3, -0.25) is 9.88 Å². The van der Waals surface area contributed by atoms with Crippen LogP contribution in [-0.2, 0) is 11.3 Å². The lowest BCUT2D eigenvalue weighted by Gasteiger charge is -2.46. The number of hydrogen-bond donors (Lipinski definition) is 1. The Bertz CT molecular complexity index is 597. The minimum absolute atomic E-state index is 0.00925. The number of likely N-dealkylation sites (tertiary alicyclic amines) is 1. The van der Waals surface area contributed by atoms with E-state index in [1.54, 1.807) is 19.0 Å². The summed E-state index contributed by atoms with van der Waals surface area (Å²) in [6.07, 6.45) is 3.86. The summed E-state index contributed by atoms with van der Waals surface area (Å²) in [6.45, 7) is 5.71. The molecule has 0 aromatic carbocycles. The molecule has 3 rings (SSSR count). The van der Waals surface area contributed by atoms with E-state index in [1.165, 1.54) is 0 Å². The molecule has 2 aliphatic heterocycles. The van der Waals surface area contributed by atoms with Gasteiger partial charge < -0.3 is 15.0 Å². The number of piperidine rings is 1. The second-order valence-electron chi connectivity index (χ2n) is 7.61. The number of pyridine rings is 1. The van der Waals surface area contributed by atoms with Crippen molar-refractivity contribution in [1.82, 2.24) is 20.1 Å². The minimum atomic E-state index is -0.0704. The Hall–Kier alpha value is -1.66. The van der Waals surface area contributed by atoms with Gasteiger partial charge >= 0.3 is 6.03 Å². The van der Waals surface area contributed by atoms with Crippen LogP contribution in [0.15, 0.2) is 18.2 Å². The summed E-state index contributed by atoms with van der Waals surface area (Å²) in [5, 5.41) is 3.13. The molecule has 1 atom stereocenters. The van der Waals surface area contributed by atoms with Crippen molar-refractivity contribution in [2.75, 3.05) is 33.8 Å². The summed E-state index contributed by atoms with van der Waals surface area (Å²) >= 11 is 0. The van der Waals surface area contributed by atoms with Crippen LogP contribution in [-0.4, -0.2) is 66.2 Å². The SMILES string of the molecule is Cc1cccc(CN2CCC3(CC2)C[C@H](NC(=O)N(C)C)CCO3)n1. The Morgan fingerprint density at radius 1 is 1.40 bits per heavy atom. The predicted octanol–water partition coefficient (Wildman–Crippen LogP) is 2.17. The lowest BCUT2D eigenvalue weighted by atomic mass is 9.82. The van der Waals surface area contributed by atoms with Crippen molar-refractivity contribution in [3.63, 3.8) is 0 Å². The van der Waals surface area contributed by atoms with Crippen molar-refractivity contribution in [3.05, 3.63) is 29.6 Å². The van der Waals surface area contributed by atoms with Gasteiger partial charge in [-0.05, 0) is 44.7 Å². The second-order valence-corrected chi connectivity index (χ2v) is 7.61. The number of carbonyl (C=O) groups is 1. The number of aromatic nitrogens is 1. The zero-order valence-corrected chi connectivity index (χ0v) is 15.6. The van der Waals surface area contributed by atoms with E-state index in [0.717, 1.165) is 63.3 Å². The van der Waals surface area contributed by atoms with Crippen LogP contribution in [0.2, 0.25) is 0 Å². The van der Waals surface area contributed by atoms with Gasteiger partial charge in [0.05, 0.1) is 11.3 Å². The third kappa shape index (κ3) is 4.70. The molecule has 2 saturated heterocycles. The van der Waals surface area contributed by atoms with E-state index < -0.39 is 0 Å². The van der Waals surface area contributed by atoms with Crippen LogP contribution >= 0.6 is 0 Å². The van der Waals surface area contributed by atoms with Crippen molar-refractivity contribution in [2.45, 2.75) is 50.8 Å². The Morgan fingerprint density at radius 2 is 2.16 bits per heavy atom. The molecule has 0 saturated carbocycles. The largest absolute Gasteiger partial charge is 0.375 e. The van der Waals surface area contributed by atoms with Gasteiger partial charge in [0.2, 0.25) is 0 Å². The third-order valence-electron chi connectivity index (χ3n) is 5.33. The molecule has 2 aliphatic rings. The number of hydrogen-bond acceptors (Lipinski definition) is 4. The molecule has 138 valence electrons. The number of nitrogens with one attached hydrogen (secondary N) is 1. The summed E-state index contributed by atoms with van der Waals surface area (Å²) in [5.41, 5.74) is 2.14. The van der Waals surface area contributed by atoms with Gasteiger partial charge in [0.1, 0.15) is 0 Å². The fraction of sp³-hybridized carbons (Fsp3) is 0.684. The monoisotopic (exact) mass is 346 g/mol. The molecule has 0 radical (unpaired) electrons. The fourth-order valence-corrected chi connectivity index (χ4v) is 3.84. The summed E-state index contributed by atoms with van der Waals surface area (Å²) in [5.74, 6) is 0. The summed E-state index contributed by atoms with van der Waals surface area (Å²) < 4.78 is 6.19.